The van der Waals surface area contributed by atoms with Crippen molar-refractivity contribution >= 4 is 11.3 Å². The molecule has 3 rings (SSSR count). The van der Waals surface area contributed by atoms with E-state index in [9.17, 15) is 0 Å². The molecule has 0 amide bonds. The maximum Gasteiger partial charge on any atom is 0.268 e. The molecule has 1 saturated heterocycles. The summed E-state index contributed by atoms with van der Waals surface area (Å²) in [6, 6.07) is 4.01. The highest BCUT2D eigenvalue weighted by atomic mass is 32.1. The lowest BCUT2D eigenvalue weighted by Crippen LogP contribution is -2.38. The Labute approximate surface area is 129 Å². The SMILES string of the molecule is CCN(Cc1noc(-c2cccs2)n1)CC1CCCNC1. The molecule has 0 saturated carbocycles. The van der Waals surface area contributed by atoms with E-state index >= 15 is 0 Å². The van der Waals surface area contributed by atoms with Gasteiger partial charge in [0.05, 0.1) is 11.4 Å². The van der Waals surface area contributed by atoms with Crippen molar-refractivity contribution < 1.29 is 4.52 Å². The Morgan fingerprint density at radius 1 is 1.52 bits per heavy atom. The van der Waals surface area contributed by atoms with E-state index in [-0.39, 0.29) is 0 Å². The van der Waals surface area contributed by atoms with Crippen LogP contribution in [0.3, 0.4) is 0 Å². The molecule has 1 fully saturated rings. The number of hydrogen-bond donors (Lipinski definition) is 1. The number of nitrogens with one attached hydrogen (secondary N) is 1. The minimum absolute atomic E-state index is 0.635. The normalized spacial score (nSPS) is 19.2. The van der Waals surface area contributed by atoms with Gasteiger partial charge in [0.15, 0.2) is 5.82 Å². The summed E-state index contributed by atoms with van der Waals surface area (Å²) in [6.07, 6.45) is 2.60. The molecule has 1 aliphatic heterocycles. The van der Waals surface area contributed by atoms with Crippen LogP contribution in [0.5, 0.6) is 0 Å². The number of aromatic nitrogens is 2. The first-order valence-corrected chi connectivity index (χ1v) is 8.52. The predicted octanol–water partition coefficient (Wildman–Crippen LogP) is 2.62. The maximum atomic E-state index is 5.35. The van der Waals surface area contributed by atoms with Crippen molar-refractivity contribution in [3.05, 3.63) is 23.3 Å². The molecule has 0 aliphatic carbocycles. The Hall–Kier alpha value is -1.24. The Morgan fingerprint density at radius 3 is 3.19 bits per heavy atom. The summed E-state index contributed by atoms with van der Waals surface area (Å²) in [7, 11) is 0. The summed E-state index contributed by atoms with van der Waals surface area (Å²) < 4.78 is 5.35. The fraction of sp³-hybridized carbons (Fsp3) is 0.600. The monoisotopic (exact) mass is 306 g/mol. The van der Waals surface area contributed by atoms with Crippen molar-refractivity contribution in [2.24, 2.45) is 5.92 Å². The van der Waals surface area contributed by atoms with Gasteiger partial charge >= 0.3 is 0 Å². The largest absolute Gasteiger partial charge is 0.333 e. The predicted molar refractivity (Wildman–Crippen MR) is 84.2 cm³/mol. The van der Waals surface area contributed by atoms with E-state index in [0.717, 1.165) is 49.3 Å². The Kier molecular flexibility index (Phi) is 5.00. The maximum absolute atomic E-state index is 5.35. The second-order valence-electron chi connectivity index (χ2n) is 5.53. The van der Waals surface area contributed by atoms with E-state index in [2.05, 4.69) is 27.3 Å². The number of thiophene rings is 1. The summed E-state index contributed by atoms with van der Waals surface area (Å²) >= 11 is 1.62. The molecule has 21 heavy (non-hydrogen) atoms. The number of hydrogen-bond acceptors (Lipinski definition) is 6. The molecule has 1 atom stereocenters. The molecule has 6 heteroatoms. The smallest absolute Gasteiger partial charge is 0.268 e. The molecule has 114 valence electrons. The summed E-state index contributed by atoms with van der Waals surface area (Å²) in [6.45, 7) is 7.37. The van der Waals surface area contributed by atoms with E-state index in [1.54, 1.807) is 11.3 Å². The van der Waals surface area contributed by atoms with Crippen molar-refractivity contribution in [2.75, 3.05) is 26.2 Å². The van der Waals surface area contributed by atoms with Gasteiger partial charge in [0.2, 0.25) is 0 Å². The summed E-state index contributed by atoms with van der Waals surface area (Å²) in [5, 5.41) is 9.61. The van der Waals surface area contributed by atoms with Crippen LogP contribution in [0.25, 0.3) is 10.8 Å². The molecule has 0 aromatic carbocycles. The van der Waals surface area contributed by atoms with Crippen LogP contribution in [0.15, 0.2) is 22.0 Å². The fourth-order valence-corrected chi connectivity index (χ4v) is 3.41. The van der Waals surface area contributed by atoms with Gasteiger partial charge in [-0.25, -0.2) is 0 Å². The number of rotatable bonds is 6. The standard InChI is InChI=1S/C15H22N4OS/c1-2-19(10-12-5-3-7-16-9-12)11-14-17-15(20-18-14)13-6-4-8-21-13/h4,6,8,12,16H,2-3,5,7,9-11H2,1H3. The van der Waals surface area contributed by atoms with Gasteiger partial charge in [0.1, 0.15) is 0 Å². The third-order valence-electron chi connectivity index (χ3n) is 3.93. The molecule has 1 aliphatic rings. The topological polar surface area (TPSA) is 54.2 Å². The zero-order chi connectivity index (χ0) is 14.5. The summed E-state index contributed by atoms with van der Waals surface area (Å²) in [5.41, 5.74) is 0. The lowest BCUT2D eigenvalue weighted by atomic mass is 9.99. The van der Waals surface area contributed by atoms with E-state index in [0.29, 0.717) is 5.89 Å². The van der Waals surface area contributed by atoms with Crippen molar-refractivity contribution in [3.8, 4) is 10.8 Å². The average molecular weight is 306 g/mol. The molecule has 0 spiro atoms. The van der Waals surface area contributed by atoms with Gasteiger partial charge in [-0.1, -0.05) is 18.1 Å². The van der Waals surface area contributed by atoms with Crippen LogP contribution in [0.2, 0.25) is 0 Å². The molecule has 2 aromatic rings. The van der Waals surface area contributed by atoms with Crippen LogP contribution in [-0.2, 0) is 6.54 Å². The minimum Gasteiger partial charge on any atom is -0.333 e. The van der Waals surface area contributed by atoms with Gasteiger partial charge in [-0.05, 0) is 49.8 Å². The Bertz CT molecular complexity index is 534. The molecule has 0 radical (unpaired) electrons. The highest BCUT2D eigenvalue weighted by Gasteiger charge is 2.18. The van der Waals surface area contributed by atoms with Crippen LogP contribution in [0, 0.1) is 5.92 Å². The van der Waals surface area contributed by atoms with Crippen LogP contribution >= 0.6 is 11.3 Å². The first kappa shape index (κ1) is 14.7. The third-order valence-corrected chi connectivity index (χ3v) is 4.79. The third kappa shape index (κ3) is 3.90. The summed E-state index contributed by atoms with van der Waals surface area (Å²) in [5.74, 6) is 2.15. The van der Waals surface area contributed by atoms with Crippen LogP contribution < -0.4 is 5.32 Å². The first-order valence-electron chi connectivity index (χ1n) is 7.64. The second kappa shape index (κ2) is 7.15. The molecular weight excluding hydrogens is 284 g/mol. The van der Waals surface area contributed by atoms with E-state index < -0.39 is 0 Å². The second-order valence-corrected chi connectivity index (χ2v) is 6.48. The average Bonchev–Trinajstić information content (AvgIpc) is 3.18. The fourth-order valence-electron chi connectivity index (χ4n) is 2.77. The Morgan fingerprint density at radius 2 is 2.48 bits per heavy atom. The van der Waals surface area contributed by atoms with Gasteiger partial charge in [-0.3, -0.25) is 4.90 Å². The summed E-state index contributed by atoms with van der Waals surface area (Å²) in [4.78, 5) is 7.95. The quantitative estimate of drug-likeness (QED) is 0.889. The van der Waals surface area contributed by atoms with Gasteiger partial charge in [0.25, 0.3) is 5.89 Å². The zero-order valence-corrected chi connectivity index (χ0v) is 13.2. The van der Waals surface area contributed by atoms with Crippen LogP contribution in [0.1, 0.15) is 25.6 Å². The lowest BCUT2D eigenvalue weighted by Gasteiger charge is -2.28. The molecular formula is C15H22N4OS. The molecule has 3 heterocycles. The number of nitrogens with zero attached hydrogens (tertiary/aromatic N) is 3. The highest BCUT2D eigenvalue weighted by molar-refractivity contribution is 7.13. The zero-order valence-electron chi connectivity index (χ0n) is 12.4. The molecule has 1 unspecified atom stereocenters. The lowest BCUT2D eigenvalue weighted by molar-refractivity contribution is 0.203. The van der Waals surface area contributed by atoms with Gasteiger partial charge in [-0.2, -0.15) is 4.98 Å². The minimum atomic E-state index is 0.635. The van der Waals surface area contributed by atoms with Crippen LogP contribution in [0.4, 0.5) is 0 Å². The van der Waals surface area contributed by atoms with Crippen molar-refractivity contribution in [2.45, 2.75) is 26.3 Å². The van der Waals surface area contributed by atoms with Crippen molar-refractivity contribution in [1.29, 1.82) is 0 Å². The molecule has 2 aromatic heterocycles. The molecule has 0 bridgehead atoms. The van der Waals surface area contributed by atoms with Gasteiger partial charge in [-0.15, -0.1) is 11.3 Å². The molecule has 1 N–H and O–H groups in total. The van der Waals surface area contributed by atoms with Gasteiger partial charge in [0, 0.05) is 6.54 Å². The Balaban J connectivity index is 1.58. The van der Waals surface area contributed by atoms with Crippen molar-refractivity contribution in [3.63, 3.8) is 0 Å². The van der Waals surface area contributed by atoms with Gasteiger partial charge < -0.3 is 9.84 Å². The van der Waals surface area contributed by atoms with E-state index in [4.69, 9.17) is 4.52 Å². The van der Waals surface area contributed by atoms with Crippen molar-refractivity contribution in [1.82, 2.24) is 20.4 Å². The highest BCUT2D eigenvalue weighted by Crippen LogP contribution is 2.22. The molecule has 5 nitrogen and oxygen atoms in total. The van der Waals surface area contributed by atoms with E-state index in [1.165, 1.54) is 12.8 Å². The van der Waals surface area contributed by atoms with Crippen LogP contribution in [-0.4, -0.2) is 41.2 Å². The van der Waals surface area contributed by atoms with E-state index in [1.807, 2.05) is 17.5 Å². The number of piperidine rings is 1. The first-order chi connectivity index (χ1) is 10.3.